The number of hydrogen-bond donors (Lipinski definition) is 2. The molecule has 0 radical (unpaired) electrons. The van der Waals surface area contributed by atoms with Crippen LogP contribution in [0.25, 0.3) is 0 Å². The van der Waals surface area contributed by atoms with Crippen molar-refractivity contribution in [1.82, 2.24) is 4.90 Å². The number of nitrogen functional groups attached to an aromatic ring is 1. The Morgan fingerprint density at radius 3 is 2.30 bits per heavy atom. The lowest BCUT2D eigenvalue weighted by Gasteiger charge is -2.36. The van der Waals surface area contributed by atoms with Crippen LogP contribution in [0.3, 0.4) is 0 Å². The fourth-order valence-electron chi connectivity index (χ4n) is 2.61. The summed E-state index contributed by atoms with van der Waals surface area (Å²) >= 11 is 0. The highest BCUT2D eigenvalue weighted by atomic mass is 19.1. The number of benzene rings is 2. The van der Waals surface area contributed by atoms with E-state index in [1.165, 1.54) is 6.07 Å². The fraction of sp³-hybridized carbons (Fsp3) is 0.235. The molecular formula is C17H19FN4O. The number of amides is 2. The summed E-state index contributed by atoms with van der Waals surface area (Å²) in [5, 5.41) is 2.62. The summed E-state index contributed by atoms with van der Waals surface area (Å²) < 4.78 is 13.6. The number of urea groups is 1. The molecule has 3 rings (SSSR count). The average molecular weight is 314 g/mol. The summed E-state index contributed by atoms with van der Waals surface area (Å²) in [4.78, 5) is 16.1. The van der Waals surface area contributed by atoms with E-state index in [-0.39, 0.29) is 11.7 Å². The van der Waals surface area contributed by atoms with E-state index in [0.717, 1.165) is 24.5 Å². The zero-order chi connectivity index (χ0) is 16.2. The van der Waals surface area contributed by atoms with Gasteiger partial charge in [-0.2, -0.15) is 0 Å². The van der Waals surface area contributed by atoms with Crippen molar-refractivity contribution >= 4 is 23.1 Å². The number of halogens is 1. The Morgan fingerprint density at radius 2 is 1.65 bits per heavy atom. The standard InChI is InChI=1S/C17H19FN4O/c18-15-3-1-2-4-16(15)20-17(23)22-11-9-21(10-12-22)14-7-5-13(19)6-8-14/h1-8H,9-12,19H2,(H,20,23). The molecule has 120 valence electrons. The molecule has 1 heterocycles. The molecule has 1 aliphatic rings. The average Bonchev–Trinajstić information content (AvgIpc) is 2.58. The maximum absolute atomic E-state index is 13.6. The van der Waals surface area contributed by atoms with Crippen LogP contribution >= 0.6 is 0 Å². The van der Waals surface area contributed by atoms with Crippen molar-refractivity contribution in [3.63, 3.8) is 0 Å². The minimum absolute atomic E-state index is 0.207. The minimum atomic E-state index is -0.429. The summed E-state index contributed by atoms with van der Waals surface area (Å²) in [6, 6.07) is 13.6. The summed E-state index contributed by atoms with van der Waals surface area (Å²) in [5.74, 6) is -0.429. The van der Waals surface area contributed by atoms with E-state index in [4.69, 9.17) is 5.73 Å². The summed E-state index contributed by atoms with van der Waals surface area (Å²) in [5.41, 5.74) is 7.72. The van der Waals surface area contributed by atoms with Crippen molar-refractivity contribution < 1.29 is 9.18 Å². The minimum Gasteiger partial charge on any atom is -0.399 e. The number of hydrogen-bond acceptors (Lipinski definition) is 3. The third-order valence-corrected chi connectivity index (χ3v) is 3.94. The number of piperazine rings is 1. The highest BCUT2D eigenvalue weighted by Gasteiger charge is 2.21. The summed E-state index contributed by atoms with van der Waals surface area (Å²) in [6.07, 6.45) is 0. The second kappa shape index (κ2) is 6.56. The molecule has 1 aliphatic heterocycles. The van der Waals surface area contributed by atoms with E-state index < -0.39 is 5.82 Å². The predicted octanol–water partition coefficient (Wildman–Crippen LogP) is 2.76. The van der Waals surface area contributed by atoms with E-state index in [0.29, 0.717) is 13.1 Å². The number of rotatable bonds is 2. The Balaban J connectivity index is 1.57. The third kappa shape index (κ3) is 3.53. The fourth-order valence-corrected chi connectivity index (χ4v) is 2.61. The number of nitrogens with one attached hydrogen (secondary N) is 1. The first-order valence-electron chi connectivity index (χ1n) is 7.54. The van der Waals surface area contributed by atoms with E-state index in [1.807, 2.05) is 24.3 Å². The molecule has 23 heavy (non-hydrogen) atoms. The molecule has 3 N–H and O–H groups in total. The number of anilines is 3. The van der Waals surface area contributed by atoms with Gasteiger partial charge in [-0.25, -0.2) is 9.18 Å². The topological polar surface area (TPSA) is 61.6 Å². The Kier molecular flexibility index (Phi) is 4.32. The molecule has 5 nitrogen and oxygen atoms in total. The van der Waals surface area contributed by atoms with Gasteiger partial charge in [-0.1, -0.05) is 12.1 Å². The van der Waals surface area contributed by atoms with Gasteiger partial charge < -0.3 is 20.9 Å². The van der Waals surface area contributed by atoms with Crippen LogP contribution in [0.15, 0.2) is 48.5 Å². The first kappa shape index (κ1) is 15.1. The molecule has 1 saturated heterocycles. The number of para-hydroxylation sites is 1. The molecule has 2 aromatic carbocycles. The van der Waals surface area contributed by atoms with Crippen molar-refractivity contribution in [2.75, 3.05) is 42.1 Å². The van der Waals surface area contributed by atoms with Crippen LogP contribution in [0.2, 0.25) is 0 Å². The van der Waals surface area contributed by atoms with Gasteiger partial charge in [0.2, 0.25) is 0 Å². The van der Waals surface area contributed by atoms with Gasteiger partial charge in [0, 0.05) is 37.6 Å². The van der Waals surface area contributed by atoms with Gasteiger partial charge in [-0.15, -0.1) is 0 Å². The Morgan fingerprint density at radius 1 is 1.00 bits per heavy atom. The van der Waals surface area contributed by atoms with Crippen molar-refractivity contribution in [2.45, 2.75) is 0 Å². The van der Waals surface area contributed by atoms with Crippen molar-refractivity contribution in [1.29, 1.82) is 0 Å². The van der Waals surface area contributed by atoms with Gasteiger partial charge in [-0.05, 0) is 36.4 Å². The van der Waals surface area contributed by atoms with Crippen LogP contribution in [0.1, 0.15) is 0 Å². The van der Waals surface area contributed by atoms with E-state index in [1.54, 1.807) is 23.1 Å². The highest BCUT2D eigenvalue weighted by Crippen LogP contribution is 2.19. The largest absolute Gasteiger partial charge is 0.399 e. The van der Waals surface area contributed by atoms with Gasteiger partial charge in [0.25, 0.3) is 0 Å². The molecule has 0 atom stereocenters. The van der Waals surface area contributed by atoms with E-state index >= 15 is 0 Å². The monoisotopic (exact) mass is 314 g/mol. The molecule has 1 fully saturated rings. The van der Waals surface area contributed by atoms with Crippen LogP contribution in [0.5, 0.6) is 0 Å². The normalized spacial score (nSPS) is 14.7. The van der Waals surface area contributed by atoms with Gasteiger partial charge in [0.15, 0.2) is 0 Å². The van der Waals surface area contributed by atoms with Gasteiger partial charge in [-0.3, -0.25) is 0 Å². The predicted molar refractivity (Wildman–Crippen MR) is 90.1 cm³/mol. The van der Waals surface area contributed by atoms with E-state index in [9.17, 15) is 9.18 Å². The van der Waals surface area contributed by atoms with E-state index in [2.05, 4.69) is 10.2 Å². The summed E-state index contributed by atoms with van der Waals surface area (Å²) in [7, 11) is 0. The Bertz CT molecular complexity index is 681. The van der Waals surface area contributed by atoms with Crippen LogP contribution in [0.4, 0.5) is 26.2 Å². The quantitative estimate of drug-likeness (QED) is 0.838. The zero-order valence-electron chi connectivity index (χ0n) is 12.7. The lowest BCUT2D eigenvalue weighted by Crippen LogP contribution is -2.50. The molecule has 0 bridgehead atoms. The van der Waals surface area contributed by atoms with Gasteiger partial charge in [0.1, 0.15) is 5.82 Å². The first-order chi connectivity index (χ1) is 11.1. The Hall–Kier alpha value is -2.76. The number of nitrogens with two attached hydrogens (primary N) is 1. The smallest absolute Gasteiger partial charge is 0.322 e. The second-order valence-corrected chi connectivity index (χ2v) is 5.48. The van der Waals surface area contributed by atoms with Gasteiger partial charge >= 0.3 is 6.03 Å². The lowest BCUT2D eigenvalue weighted by molar-refractivity contribution is 0.208. The second-order valence-electron chi connectivity index (χ2n) is 5.48. The maximum atomic E-state index is 13.6. The van der Waals surface area contributed by atoms with Gasteiger partial charge in [0.05, 0.1) is 5.69 Å². The molecule has 0 saturated carbocycles. The number of carbonyl (C=O) groups excluding carboxylic acids is 1. The molecule has 0 spiro atoms. The molecule has 2 amide bonds. The third-order valence-electron chi connectivity index (χ3n) is 3.94. The highest BCUT2D eigenvalue weighted by molar-refractivity contribution is 5.89. The molecule has 6 heteroatoms. The number of carbonyl (C=O) groups is 1. The number of nitrogens with zero attached hydrogens (tertiary/aromatic N) is 2. The lowest BCUT2D eigenvalue weighted by atomic mass is 10.2. The molecule has 0 aromatic heterocycles. The SMILES string of the molecule is Nc1ccc(N2CCN(C(=O)Nc3ccccc3F)CC2)cc1. The van der Waals surface area contributed by atoms with Crippen molar-refractivity contribution in [3.05, 3.63) is 54.3 Å². The molecular weight excluding hydrogens is 295 g/mol. The van der Waals surface area contributed by atoms with Crippen molar-refractivity contribution in [3.8, 4) is 0 Å². The zero-order valence-corrected chi connectivity index (χ0v) is 12.7. The molecule has 0 unspecified atom stereocenters. The van der Waals surface area contributed by atoms with Crippen LogP contribution in [-0.2, 0) is 0 Å². The molecule has 2 aromatic rings. The summed E-state index contributed by atoms with van der Waals surface area (Å²) in [6.45, 7) is 2.64. The maximum Gasteiger partial charge on any atom is 0.322 e. The van der Waals surface area contributed by atoms with Crippen LogP contribution < -0.4 is 16.0 Å². The first-order valence-corrected chi connectivity index (χ1v) is 7.54. The van der Waals surface area contributed by atoms with Crippen LogP contribution in [0, 0.1) is 5.82 Å². The van der Waals surface area contributed by atoms with Crippen LogP contribution in [-0.4, -0.2) is 37.1 Å². The van der Waals surface area contributed by atoms with Crippen molar-refractivity contribution in [2.24, 2.45) is 0 Å². The molecule has 0 aliphatic carbocycles. The Labute approximate surface area is 134 Å².